The van der Waals surface area contributed by atoms with E-state index < -0.39 is 0 Å². The molecule has 114 valence electrons. The van der Waals surface area contributed by atoms with Crippen LogP contribution in [0.15, 0.2) is 81.9 Å². The minimum absolute atomic E-state index is 0.0990. The Morgan fingerprint density at radius 1 is 1.00 bits per heavy atom. The molecule has 0 spiro atoms. The molecule has 3 nitrogen and oxygen atoms in total. The molecular weight excluding hydrogens is 302 g/mol. The molecule has 23 heavy (non-hydrogen) atoms. The lowest BCUT2D eigenvalue weighted by Gasteiger charge is -2.13. The summed E-state index contributed by atoms with van der Waals surface area (Å²) in [6, 6.07) is 21.0. The number of aliphatic imine (C=N–C) groups is 1. The second-order valence-corrected chi connectivity index (χ2v) is 6.48. The quantitative estimate of drug-likeness (QED) is 0.795. The number of hydrazone groups is 1. The van der Waals surface area contributed by atoms with Crippen molar-refractivity contribution in [2.24, 2.45) is 10.1 Å². The van der Waals surface area contributed by atoms with Gasteiger partial charge < -0.3 is 0 Å². The van der Waals surface area contributed by atoms with E-state index in [9.17, 15) is 0 Å². The first kappa shape index (κ1) is 14.3. The Bertz CT molecular complexity index is 794. The normalized spacial score (nSPS) is 20.3. The van der Waals surface area contributed by atoms with Gasteiger partial charge in [0.15, 0.2) is 5.17 Å². The Hall–Kier alpha value is -2.33. The standard InChI is InChI=1S/C19H17N3S/c1-14-13-23-19-20-17(15-8-4-2-5-9-15)12-18(21-22(14)19)16-10-6-3-7-11-16/h2-11,13,17H,12H2,1H3/t17-/m0/s1. The third kappa shape index (κ3) is 2.82. The fourth-order valence-electron chi connectivity index (χ4n) is 2.79. The Balaban J connectivity index is 1.78. The topological polar surface area (TPSA) is 28.0 Å². The summed E-state index contributed by atoms with van der Waals surface area (Å²) < 4.78 is 0. The number of nitrogens with zero attached hydrogens (tertiary/aromatic N) is 3. The molecule has 0 fully saturated rings. The molecule has 0 amide bonds. The van der Waals surface area contributed by atoms with Crippen LogP contribution in [-0.2, 0) is 0 Å². The van der Waals surface area contributed by atoms with Gasteiger partial charge in [-0.3, -0.25) is 4.99 Å². The summed E-state index contributed by atoms with van der Waals surface area (Å²) in [6.07, 6.45) is 0.807. The molecule has 0 bridgehead atoms. The second-order valence-electron chi connectivity index (χ2n) is 5.64. The number of fused-ring (bicyclic) bond motifs is 1. The molecule has 0 unspecified atom stereocenters. The summed E-state index contributed by atoms with van der Waals surface area (Å²) in [6.45, 7) is 2.07. The Morgan fingerprint density at radius 3 is 2.43 bits per heavy atom. The molecule has 0 saturated heterocycles. The minimum Gasteiger partial charge on any atom is -0.252 e. The van der Waals surface area contributed by atoms with Gasteiger partial charge in [0.2, 0.25) is 0 Å². The van der Waals surface area contributed by atoms with Crippen molar-refractivity contribution in [3.63, 3.8) is 0 Å². The molecule has 2 aliphatic rings. The number of amidine groups is 1. The molecule has 0 aromatic heterocycles. The summed E-state index contributed by atoms with van der Waals surface area (Å²) in [4.78, 5) is 4.97. The van der Waals surface area contributed by atoms with Gasteiger partial charge in [-0.05, 0) is 18.1 Å². The molecular formula is C19H17N3S. The van der Waals surface area contributed by atoms with E-state index in [-0.39, 0.29) is 6.04 Å². The van der Waals surface area contributed by atoms with Crippen molar-refractivity contribution in [1.29, 1.82) is 0 Å². The number of thioether (sulfide) groups is 1. The van der Waals surface area contributed by atoms with Crippen molar-refractivity contribution < 1.29 is 0 Å². The fraction of sp³-hybridized carbons (Fsp3) is 0.158. The number of allylic oxidation sites excluding steroid dienone is 1. The predicted octanol–water partition coefficient (Wildman–Crippen LogP) is 4.80. The van der Waals surface area contributed by atoms with Crippen LogP contribution < -0.4 is 0 Å². The number of hydrogen-bond acceptors (Lipinski definition) is 4. The van der Waals surface area contributed by atoms with E-state index >= 15 is 0 Å². The van der Waals surface area contributed by atoms with Crippen LogP contribution in [0.25, 0.3) is 0 Å². The first-order chi connectivity index (χ1) is 11.3. The van der Waals surface area contributed by atoms with Crippen molar-refractivity contribution >= 4 is 22.6 Å². The molecule has 4 rings (SSSR count). The maximum Gasteiger partial charge on any atom is 0.189 e. The zero-order chi connectivity index (χ0) is 15.6. The molecule has 0 aliphatic carbocycles. The van der Waals surface area contributed by atoms with E-state index in [1.807, 2.05) is 17.1 Å². The molecule has 0 radical (unpaired) electrons. The third-order valence-corrected chi connectivity index (χ3v) is 4.96. The number of rotatable bonds is 2. The molecule has 2 heterocycles. The monoisotopic (exact) mass is 319 g/mol. The van der Waals surface area contributed by atoms with Crippen molar-refractivity contribution in [2.45, 2.75) is 19.4 Å². The summed E-state index contributed by atoms with van der Waals surface area (Å²) in [5.74, 6) is 0. The van der Waals surface area contributed by atoms with Crippen LogP contribution in [0, 0.1) is 0 Å². The van der Waals surface area contributed by atoms with Gasteiger partial charge in [0.1, 0.15) is 0 Å². The SMILES string of the molecule is CC1=CSC2=N[C@H](c3ccccc3)CC(c3ccccc3)=NN12. The van der Waals surface area contributed by atoms with E-state index in [0.717, 1.165) is 28.6 Å². The zero-order valence-electron chi connectivity index (χ0n) is 12.9. The molecule has 0 saturated carbocycles. The second kappa shape index (κ2) is 6.05. The molecule has 0 N–H and O–H groups in total. The van der Waals surface area contributed by atoms with Crippen molar-refractivity contribution in [3.05, 3.63) is 82.9 Å². The van der Waals surface area contributed by atoms with Gasteiger partial charge in [0.25, 0.3) is 0 Å². The summed E-state index contributed by atoms with van der Waals surface area (Å²) in [5.41, 5.74) is 4.59. The van der Waals surface area contributed by atoms with E-state index in [1.54, 1.807) is 11.8 Å². The smallest absolute Gasteiger partial charge is 0.189 e. The molecule has 2 aromatic rings. The van der Waals surface area contributed by atoms with Gasteiger partial charge in [0.05, 0.1) is 11.8 Å². The maximum atomic E-state index is 4.97. The highest BCUT2D eigenvalue weighted by atomic mass is 32.2. The zero-order valence-corrected chi connectivity index (χ0v) is 13.7. The summed E-state index contributed by atoms with van der Waals surface area (Å²) in [7, 11) is 0. The fourth-order valence-corrected chi connectivity index (χ4v) is 3.64. The lowest BCUT2D eigenvalue weighted by atomic mass is 9.98. The van der Waals surface area contributed by atoms with E-state index in [0.29, 0.717) is 0 Å². The van der Waals surface area contributed by atoms with E-state index in [4.69, 9.17) is 10.1 Å². The van der Waals surface area contributed by atoms with Gasteiger partial charge in [-0.1, -0.05) is 72.4 Å². The van der Waals surface area contributed by atoms with Gasteiger partial charge in [-0.15, -0.1) is 0 Å². The highest BCUT2D eigenvalue weighted by Gasteiger charge is 2.27. The van der Waals surface area contributed by atoms with Crippen LogP contribution in [0.4, 0.5) is 0 Å². The third-order valence-electron chi connectivity index (χ3n) is 4.02. The molecule has 4 heteroatoms. The lowest BCUT2D eigenvalue weighted by Crippen LogP contribution is -2.17. The summed E-state index contributed by atoms with van der Waals surface area (Å²) in [5, 5.41) is 9.93. The average molecular weight is 319 g/mol. The predicted molar refractivity (Wildman–Crippen MR) is 97.4 cm³/mol. The van der Waals surface area contributed by atoms with Gasteiger partial charge in [0, 0.05) is 17.5 Å². The van der Waals surface area contributed by atoms with Crippen LogP contribution in [0.2, 0.25) is 0 Å². The van der Waals surface area contributed by atoms with Gasteiger partial charge in [-0.25, -0.2) is 5.01 Å². The van der Waals surface area contributed by atoms with E-state index in [2.05, 4.69) is 60.9 Å². The van der Waals surface area contributed by atoms with Crippen molar-refractivity contribution in [3.8, 4) is 0 Å². The van der Waals surface area contributed by atoms with Crippen molar-refractivity contribution in [2.75, 3.05) is 0 Å². The molecule has 2 aliphatic heterocycles. The van der Waals surface area contributed by atoms with Gasteiger partial charge >= 0.3 is 0 Å². The first-order valence-corrected chi connectivity index (χ1v) is 8.58. The summed E-state index contributed by atoms with van der Waals surface area (Å²) >= 11 is 1.65. The average Bonchev–Trinajstić information content (AvgIpc) is 2.84. The first-order valence-electron chi connectivity index (χ1n) is 7.70. The van der Waals surface area contributed by atoms with Crippen molar-refractivity contribution in [1.82, 2.24) is 5.01 Å². The molecule has 2 aromatic carbocycles. The van der Waals surface area contributed by atoms with E-state index in [1.165, 1.54) is 5.56 Å². The Kier molecular flexibility index (Phi) is 3.75. The van der Waals surface area contributed by atoms with Crippen LogP contribution >= 0.6 is 11.8 Å². The highest BCUT2D eigenvalue weighted by molar-refractivity contribution is 8.16. The number of hydrogen-bond donors (Lipinski definition) is 0. The van der Waals surface area contributed by atoms with Crippen LogP contribution in [0.1, 0.15) is 30.5 Å². The Labute approximate surface area is 140 Å². The Morgan fingerprint density at radius 2 is 1.70 bits per heavy atom. The highest BCUT2D eigenvalue weighted by Crippen LogP contribution is 2.34. The van der Waals surface area contributed by atoms with Crippen LogP contribution in [0.5, 0.6) is 0 Å². The van der Waals surface area contributed by atoms with Crippen LogP contribution in [0.3, 0.4) is 0 Å². The van der Waals surface area contributed by atoms with Gasteiger partial charge in [-0.2, -0.15) is 5.10 Å². The molecule has 1 atom stereocenters. The number of benzene rings is 2. The minimum atomic E-state index is 0.0990. The lowest BCUT2D eigenvalue weighted by molar-refractivity contribution is 0.569. The largest absolute Gasteiger partial charge is 0.252 e. The maximum absolute atomic E-state index is 4.97. The van der Waals surface area contributed by atoms with Crippen LogP contribution in [-0.4, -0.2) is 15.9 Å².